The molecular formula is C17H21N3O. The lowest BCUT2D eigenvalue weighted by Crippen LogP contribution is -2.24. The van der Waals surface area contributed by atoms with Crippen LogP contribution in [0, 0.1) is 0 Å². The van der Waals surface area contributed by atoms with Crippen molar-refractivity contribution in [3.05, 3.63) is 59.7 Å². The second-order valence-corrected chi connectivity index (χ2v) is 4.83. The molecule has 0 aliphatic carbocycles. The Morgan fingerprint density at radius 1 is 1.14 bits per heavy atom. The molecule has 0 fully saturated rings. The molecule has 0 spiro atoms. The number of nitrogen functional groups attached to an aromatic ring is 1. The lowest BCUT2D eigenvalue weighted by Gasteiger charge is -2.12. The molecule has 2 aromatic carbocycles. The van der Waals surface area contributed by atoms with E-state index in [1.807, 2.05) is 25.1 Å². The van der Waals surface area contributed by atoms with Gasteiger partial charge in [-0.3, -0.25) is 4.79 Å². The van der Waals surface area contributed by atoms with Gasteiger partial charge in [0.05, 0.1) is 5.56 Å². The first kappa shape index (κ1) is 14.9. The summed E-state index contributed by atoms with van der Waals surface area (Å²) in [6.07, 6.45) is 0.893. The Morgan fingerprint density at radius 3 is 2.62 bits per heavy atom. The van der Waals surface area contributed by atoms with Crippen molar-refractivity contribution in [2.75, 3.05) is 24.1 Å². The molecule has 21 heavy (non-hydrogen) atoms. The monoisotopic (exact) mass is 283 g/mol. The van der Waals surface area contributed by atoms with Crippen molar-refractivity contribution in [2.45, 2.75) is 13.3 Å². The molecule has 2 aromatic rings. The van der Waals surface area contributed by atoms with E-state index in [-0.39, 0.29) is 5.91 Å². The van der Waals surface area contributed by atoms with Crippen LogP contribution >= 0.6 is 0 Å². The maximum absolute atomic E-state index is 12.0. The highest BCUT2D eigenvalue weighted by Gasteiger charge is 2.10. The number of nitrogens with two attached hydrogens (primary N) is 1. The average Bonchev–Trinajstić information content (AvgIpc) is 2.49. The molecule has 1 amide bonds. The molecule has 2 rings (SSSR count). The van der Waals surface area contributed by atoms with Crippen molar-refractivity contribution >= 4 is 17.3 Å². The fourth-order valence-corrected chi connectivity index (χ4v) is 2.15. The SMILES string of the molecule is CCNC(=O)c1ccc(N)cc1NCCc1ccccc1. The minimum absolute atomic E-state index is 0.0836. The van der Waals surface area contributed by atoms with Gasteiger partial charge in [0.25, 0.3) is 5.91 Å². The number of carbonyl (C=O) groups excluding carboxylic acids is 1. The second kappa shape index (κ2) is 7.33. The third kappa shape index (κ3) is 4.24. The molecule has 110 valence electrons. The Bertz CT molecular complexity index is 596. The molecule has 0 aliphatic heterocycles. The van der Waals surface area contributed by atoms with Crippen molar-refractivity contribution in [1.29, 1.82) is 0 Å². The molecule has 0 aromatic heterocycles. The van der Waals surface area contributed by atoms with Crippen LogP contribution < -0.4 is 16.4 Å². The Kier molecular flexibility index (Phi) is 5.21. The normalized spacial score (nSPS) is 10.1. The smallest absolute Gasteiger partial charge is 0.253 e. The Balaban J connectivity index is 2.04. The first-order chi connectivity index (χ1) is 10.2. The van der Waals surface area contributed by atoms with E-state index in [4.69, 9.17) is 5.73 Å². The van der Waals surface area contributed by atoms with E-state index >= 15 is 0 Å². The van der Waals surface area contributed by atoms with Crippen LogP contribution in [0.1, 0.15) is 22.8 Å². The Morgan fingerprint density at radius 2 is 1.90 bits per heavy atom. The van der Waals surface area contributed by atoms with Crippen LogP contribution in [0.15, 0.2) is 48.5 Å². The van der Waals surface area contributed by atoms with Crippen LogP contribution in [0.5, 0.6) is 0 Å². The summed E-state index contributed by atoms with van der Waals surface area (Å²) in [6.45, 7) is 3.25. The fourth-order valence-electron chi connectivity index (χ4n) is 2.15. The van der Waals surface area contributed by atoms with E-state index in [0.717, 1.165) is 18.7 Å². The zero-order valence-corrected chi connectivity index (χ0v) is 12.2. The van der Waals surface area contributed by atoms with Gasteiger partial charge in [-0.25, -0.2) is 0 Å². The molecule has 0 aliphatic rings. The van der Waals surface area contributed by atoms with Gasteiger partial charge in [-0.1, -0.05) is 30.3 Å². The van der Waals surface area contributed by atoms with Crippen molar-refractivity contribution in [3.63, 3.8) is 0 Å². The van der Waals surface area contributed by atoms with Gasteiger partial charge in [-0.05, 0) is 37.1 Å². The first-order valence-electron chi connectivity index (χ1n) is 7.16. The summed E-state index contributed by atoms with van der Waals surface area (Å²) in [4.78, 5) is 12.0. The molecular weight excluding hydrogens is 262 g/mol. The highest BCUT2D eigenvalue weighted by Crippen LogP contribution is 2.19. The quantitative estimate of drug-likeness (QED) is 0.714. The molecule has 4 heteroatoms. The van der Waals surface area contributed by atoms with Gasteiger partial charge < -0.3 is 16.4 Å². The fraction of sp³-hybridized carbons (Fsp3) is 0.235. The third-order valence-electron chi connectivity index (χ3n) is 3.20. The van der Waals surface area contributed by atoms with Crippen LogP contribution in [0.3, 0.4) is 0 Å². The predicted molar refractivity (Wildman–Crippen MR) is 87.5 cm³/mol. The van der Waals surface area contributed by atoms with E-state index in [1.165, 1.54) is 5.56 Å². The van der Waals surface area contributed by atoms with Crippen molar-refractivity contribution in [3.8, 4) is 0 Å². The first-order valence-corrected chi connectivity index (χ1v) is 7.16. The standard InChI is InChI=1S/C17H21N3O/c1-2-19-17(21)15-9-8-14(18)12-16(15)20-11-10-13-6-4-3-5-7-13/h3-9,12,20H,2,10-11,18H2,1H3,(H,19,21). The number of nitrogens with one attached hydrogen (secondary N) is 2. The summed E-state index contributed by atoms with van der Waals surface area (Å²) in [5.41, 5.74) is 9.11. The highest BCUT2D eigenvalue weighted by molar-refractivity contribution is 6.00. The average molecular weight is 283 g/mol. The summed E-state index contributed by atoms with van der Waals surface area (Å²) in [7, 11) is 0. The van der Waals surface area contributed by atoms with Crippen LogP contribution in [0.25, 0.3) is 0 Å². The van der Waals surface area contributed by atoms with Gasteiger partial charge in [0, 0.05) is 24.5 Å². The zero-order valence-electron chi connectivity index (χ0n) is 12.2. The summed E-state index contributed by atoms with van der Waals surface area (Å²) < 4.78 is 0. The molecule has 0 atom stereocenters. The van der Waals surface area contributed by atoms with Crippen molar-refractivity contribution < 1.29 is 4.79 Å². The summed E-state index contributed by atoms with van der Waals surface area (Å²) in [6, 6.07) is 15.5. The number of hydrogen-bond acceptors (Lipinski definition) is 3. The topological polar surface area (TPSA) is 67.2 Å². The zero-order chi connectivity index (χ0) is 15.1. The molecule has 0 heterocycles. The number of hydrogen-bond donors (Lipinski definition) is 3. The van der Waals surface area contributed by atoms with Crippen LogP contribution in [-0.2, 0) is 6.42 Å². The maximum Gasteiger partial charge on any atom is 0.253 e. The molecule has 4 N–H and O–H groups in total. The summed E-state index contributed by atoms with van der Waals surface area (Å²) in [5, 5.41) is 6.11. The number of rotatable bonds is 6. The van der Waals surface area contributed by atoms with E-state index in [9.17, 15) is 4.79 Å². The maximum atomic E-state index is 12.0. The van der Waals surface area contributed by atoms with Crippen LogP contribution in [0.2, 0.25) is 0 Å². The van der Waals surface area contributed by atoms with E-state index in [0.29, 0.717) is 17.8 Å². The van der Waals surface area contributed by atoms with E-state index < -0.39 is 0 Å². The molecule has 0 bridgehead atoms. The third-order valence-corrected chi connectivity index (χ3v) is 3.20. The Labute approximate surface area is 125 Å². The molecule has 0 saturated heterocycles. The van der Waals surface area contributed by atoms with Gasteiger partial charge in [-0.2, -0.15) is 0 Å². The van der Waals surface area contributed by atoms with Gasteiger partial charge >= 0.3 is 0 Å². The van der Waals surface area contributed by atoms with Crippen LogP contribution in [-0.4, -0.2) is 19.0 Å². The number of carbonyl (C=O) groups is 1. The number of amides is 1. The summed E-state index contributed by atoms with van der Waals surface area (Å²) >= 11 is 0. The minimum atomic E-state index is -0.0836. The predicted octanol–water partition coefficient (Wildman–Crippen LogP) is 2.67. The van der Waals surface area contributed by atoms with E-state index in [1.54, 1.807) is 18.2 Å². The molecule has 0 unspecified atom stereocenters. The van der Waals surface area contributed by atoms with Crippen LogP contribution in [0.4, 0.5) is 11.4 Å². The van der Waals surface area contributed by atoms with Gasteiger partial charge in [-0.15, -0.1) is 0 Å². The second-order valence-electron chi connectivity index (χ2n) is 4.83. The summed E-state index contributed by atoms with van der Waals surface area (Å²) in [5.74, 6) is -0.0836. The lowest BCUT2D eigenvalue weighted by molar-refractivity contribution is 0.0956. The van der Waals surface area contributed by atoms with Gasteiger partial charge in [0.1, 0.15) is 0 Å². The van der Waals surface area contributed by atoms with Crippen molar-refractivity contribution in [2.24, 2.45) is 0 Å². The lowest BCUT2D eigenvalue weighted by atomic mass is 10.1. The van der Waals surface area contributed by atoms with Gasteiger partial charge in [0.2, 0.25) is 0 Å². The minimum Gasteiger partial charge on any atom is -0.399 e. The molecule has 0 saturated carbocycles. The Hall–Kier alpha value is -2.49. The largest absolute Gasteiger partial charge is 0.399 e. The number of benzene rings is 2. The molecule has 4 nitrogen and oxygen atoms in total. The van der Waals surface area contributed by atoms with Crippen molar-refractivity contribution in [1.82, 2.24) is 5.32 Å². The molecule has 0 radical (unpaired) electrons. The van der Waals surface area contributed by atoms with Gasteiger partial charge in [0.15, 0.2) is 0 Å². The van der Waals surface area contributed by atoms with E-state index in [2.05, 4.69) is 22.8 Å². The number of anilines is 2. The highest BCUT2D eigenvalue weighted by atomic mass is 16.1.